The Morgan fingerprint density at radius 2 is 2.24 bits per heavy atom. The van der Waals surface area contributed by atoms with Crippen LogP contribution in [0.1, 0.15) is 19.3 Å². The number of imidazole rings is 1. The van der Waals surface area contributed by atoms with Crippen molar-refractivity contribution in [3.05, 3.63) is 27.2 Å². The van der Waals surface area contributed by atoms with Gasteiger partial charge in [-0.1, -0.05) is 0 Å². The molecular formula is C12H17N5O4. The number of hydrogen-bond acceptors (Lipinski definition) is 6. The SMILES string of the molecule is O=c1c2[nH]cnc2n(CCO)c(=O)n1N[C@@H]1CCC[C@H]1O. The van der Waals surface area contributed by atoms with E-state index in [4.69, 9.17) is 5.11 Å². The number of aliphatic hydroxyl groups excluding tert-OH is 2. The Kier molecular flexibility index (Phi) is 3.52. The number of fused-ring (bicyclic) bond motifs is 1. The maximum atomic E-state index is 12.4. The Bertz CT molecular complexity index is 761. The second kappa shape index (κ2) is 5.34. The topological polar surface area (TPSA) is 125 Å². The van der Waals surface area contributed by atoms with E-state index < -0.39 is 17.4 Å². The highest BCUT2D eigenvalue weighted by atomic mass is 16.3. The van der Waals surface area contributed by atoms with E-state index in [1.165, 1.54) is 10.9 Å². The summed E-state index contributed by atoms with van der Waals surface area (Å²) in [6, 6.07) is -0.335. The number of H-pyrrole nitrogens is 1. The van der Waals surface area contributed by atoms with E-state index in [-0.39, 0.29) is 30.4 Å². The fraction of sp³-hybridized carbons (Fsp3) is 0.583. The first kappa shape index (κ1) is 13.8. The Balaban J connectivity index is 2.13. The quantitative estimate of drug-likeness (QED) is 0.535. The van der Waals surface area contributed by atoms with E-state index >= 15 is 0 Å². The molecule has 9 nitrogen and oxygen atoms in total. The predicted molar refractivity (Wildman–Crippen MR) is 74.7 cm³/mol. The van der Waals surface area contributed by atoms with Crippen LogP contribution in [-0.4, -0.2) is 48.2 Å². The van der Waals surface area contributed by atoms with Crippen molar-refractivity contribution in [2.24, 2.45) is 0 Å². The van der Waals surface area contributed by atoms with Crippen LogP contribution < -0.4 is 16.7 Å². The molecule has 2 aromatic rings. The molecule has 0 bridgehead atoms. The van der Waals surface area contributed by atoms with Crippen molar-refractivity contribution in [2.45, 2.75) is 38.0 Å². The number of aromatic amines is 1. The van der Waals surface area contributed by atoms with E-state index in [2.05, 4.69) is 15.4 Å². The van der Waals surface area contributed by atoms with Crippen LogP contribution in [0.15, 0.2) is 15.9 Å². The predicted octanol–water partition coefficient (Wildman–Crippen LogP) is -1.66. The third-order valence-electron chi connectivity index (χ3n) is 3.81. The Morgan fingerprint density at radius 1 is 1.43 bits per heavy atom. The van der Waals surface area contributed by atoms with E-state index in [9.17, 15) is 14.7 Å². The van der Waals surface area contributed by atoms with Crippen LogP contribution in [0.4, 0.5) is 0 Å². The summed E-state index contributed by atoms with van der Waals surface area (Å²) in [5, 5.41) is 18.9. The maximum Gasteiger partial charge on any atom is 0.351 e. The minimum atomic E-state index is -0.604. The largest absolute Gasteiger partial charge is 0.395 e. The van der Waals surface area contributed by atoms with Crippen molar-refractivity contribution >= 4 is 11.2 Å². The summed E-state index contributed by atoms with van der Waals surface area (Å²) >= 11 is 0. The van der Waals surface area contributed by atoms with Crippen molar-refractivity contribution in [3.63, 3.8) is 0 Å². The second-order valence-electron chi connectivity index (χ2n) is 5.13. The van der Waals surface area contributed by atoms with Gasteiger partial charge < -0.3 is 20.6 Å². The van der Waals surface area contributed by atoms with Crippen molar-refractivity contribution in [1.82, 2.24) is 19.2 Å². The number of rotatable bonds is 4. The molecule has 2 aromatic heterocycles. The van der Waals surface area contributed by atoms with Gasteiger partial charge in [-0.15, -0.1) is 0 Å². The number of aromatic nitrogens is 4. The van der Waals surface area contributed by atoms with Crippen LogP contribution in [0.2, 0.25) is 0 Å². The first-order valence-electron chi connectivity index (χ1n) is 6.88. The third kappa shape index (κ3) is 2.24. The van der Waals surface area contributed by atoms with Gasteiger partial charge in [0.05, 0.1) is 31.6 Å². The van der Waals surface area contributed by atoms with Crippen molar-refractivity contribution in [3.8, 4) is 0 Å². The average molecular weight is 295 g/mol. The van der Waals surface area contributed by atoms with Crippen molar-refractivity contribution in [2.75, 3.05) is 12.0 Å². The highest BCUT2D eigenvalue weighted by Gasteiger charge is 2.27. The average Bonchev–Trinajstić information content (AvgIpc) is 3.09. The summed E-state index contributed by atoms with van der Waals surface area (Å²) in [5.41, 5.74) is 2.05. The molecule has 1 aliphatic carbocycles. The van der Waals surface area contributed by atoms with Crippen molar-refractivity contribution < 1.29 is 10.2 Å². The molecule has 0 aromatic carbocycles. The highest BCUT2D eigenvalue weighted by Crippen LogP contribution is 2.19. The van der Waals surface area contributed by atoms with Crippen LogP contribution in [0.3, 0.4) is 0 Å². The van der Waals surface area contributed by atoms with Gasteiger partial charge >= 0.3 is 11.2 Å². The monoisotopic (exact) mass is 295 g/mol. The lowest BCUT2D eigenvalue weighted by molar-refractivity contribution is 0.166. The Labute approximate surface area is 118 Å². The molecule has 0 unspecified atom stereocenters. The zero-order chi connectivity index (χ0) is 15.0. The lowest BCUT2D eigenvalue weighted by atomic mass is 10.2. The molecule has 0 radical (unpaired) electrons. The molecule has 21 heavy (non-hydrogen) atoms. The maximum absolute atomic E-state index is 12.4. The molecule has 0 aliphatic heterocycles. The summed E-state index contributed by atoms with van der Waals surface area (Å²) in [7, 11) is 0. The van der Waals surface area contributed by atoms with Crippen LogP contribution in [0.5, 0.6) is 0 Å². The van der Waals surface area contributed by atoms with E-state index in [1.807, 2.05) is 0 Å². The zero-order valence-electron chi connectivity index (χ0n) is 11.3. The summed E-state index contributed by atoms with van der Waals surface area (Å²) in [6.07, 6.45) is 2.91. The molecule has 4 N–H and O–H groups in total. The zero-order valence-corrected chi connectivity index (χ0v) is 11.3. The lowest BCUT2D eigenvalue weighted by Gasteiger charge is -2.19. The summed E-state index contributed by atoms with van der Waals surface area (Å²) in [6.45, 7) is -0.207. The lowest BCUT2D eigenvalue weighted by Crippen LogP contribution is -2.49. The van der Waals surface area contributed by atoms with Crippen LogP contribution >= 0.6 is 0 Å². The number of nitrogens with one attached hydrogen (secondary N) is 2. The molecule has 3 rings (SSSR count). The standard InChI is InChI=1S/C12H17N5O4/c18-5-4-16-10-9(13-6-14-10)11(20)17(12(16)21)15-7-2-1-3-8(7)19/h6-8,15,18-19H,1-5H2,(H,13,14)/t7-,8-/m1/s1. The number of nitrogens with zero attached hydrogens (tertiary/aromatic N) is 3. The molecule has 114 valence electrons. The molecule has 9 heteroatoms. The van der Waals surface area contributed by atoms with Gasteiger partial charge in [0.2, 0.25) is 0 Å². The summed E-state index contributed by atoms with van der Waals surface area (Å²) in [4.78, 5) is 31.4. The van der Waals surface area contributed by atoms with Gasteiger partial charge in [0.25, 0.3) is 0 Å². The van der Waals surface area contributed by atoms with Crippen LogP contribution in [0, 0.1) is 0 Å². The van der Waals surface area contributed by atoms with Crippen LogP contribution in [0.25, 0.3) is 11.2 Å². The first-order valence-corrected chi connectivity index (χ1v) is 6.88. The minimum absolute atomic E-state index is 0.0371. The second-order valence-corrected chi connectivity index (χ2v) is 5.13. The van der Waals surface area contributed by atoms with Gasteiger partial charge in [0.15, 0.2) is 11.2 Å². The molecule has 1 aliphatic rings. The molecule has 0 saturated heterocycles. The van der Waals surface area contributed by atoms with Gasteiger partial charge in [0, 0.05) is 0 Å². The minimum Gasteiger partial charge on any atom is -0.395 e. The smallest absolute Gasteiger partial charge is 0.351 e. The molecular weight excluding hydrogens is 278 g/mol. The number of aliphatic hydroxyl groups is 2. The Morgan fingerprint density at radius 3 is 2.90 bits per heavy atom. The van der Waals surface area contributed by atoms with Gasteiger partial charge in [-0.2, -0.15) is 4.68 Å². The van der Waals surface area contributed by atoms with Gasteiger partial charge in [-0.05, 0) is 19.3 Å². The Hall–Kier alpha value is -2.13. The van der Waals surface area contributed by atoms with E-state index in [0.717, 1.165) is 11.1 Å². The first-order chi connectivity index (χ1) is 10.1. The van der Waals surface area contributed by atoms with Gasteiger partial charge in [0.1, 0.15) is 0 Å². The van der Waals surface area contributed by atoms with Gasteiger partial charge in [-0.3, -0.25) is 9.36 Å². The normalized spacial score (nSPS) is 22.0. The third-order valence-corrected chi connectivity index (χ3v) is 3.81. The highest BCUT2D eigenvalue weighted by molar-refractivity contribution is 5.68. The molecule has 2 atom stereocenters. The van der Waals surface area contributed by atoms with Crippen molar-refractivity contribution in [1.29, 1.82) is 0 Å². The fourth-order valence-electron chi connectivity index (χ4n) is 2.73. The molecule has 2 heterocycles. The van der Waals surface area contributed by atoms with Gasteiger partial charge in [-0.25, -0.2) is 9.78 Å². The molecule has 1 fully saturated rings. The van der Waals surface area contributed by atoms with Crippen LogP contribution in [-0.2, 0) is 6.54 Å². The summed E-state index contributed by atoms with van der Waals surface area (Å²) < 4.78 is 2.11. The molecule has 1 saturated carbocycles. The fourth-order valence-corrected chi connectivity index (χ4v) is 2.73. The molecule has 0 spiro atoms. The summed E-state index contributed by atoms with van der Waals surface area (Å²) in [5.74, 6) is 0. The number of hydrogen-bond donors (Lipinski definition) is 4. The van der Waals surface area contributed by atoms with E-state index in [0.29, 0.717) is 12.8 Å². The van der Waals surface area contributed by atoms with E-state index in [1.54, 1.807) is 0 Å². The molecule has 0 amide bonds.